The highest BCUT2D eigenvalue weighted by atomic mass is 16.8. The van der Waals surface area contributed by atoms with Gasteiger partial charge in [-0.1, -0.05) is 0 Å². The van der Waals surface area contributed by atoms with Gasteiger partial charge in [-0.25, -0.2) is 0 Å². The number of hydrogen-bond acceptors (Lipinski definition) is 7. The van der Waals surface area contributed by atoms with Gasteiger partial charge < -0.3 is 35.0 Å². The molecule has 1 rings (SSSR count). The van der Waals surface area contributed by atoms with Crippen LogP contribution >= 0.6 is 0 Å². The summed E-state index contributed by atoms with van der Waals surface area (Å²) in [4.78, 5) is 0. The van der Waals surface area contributed by atoms with Crippen molar-refractivity contribution in [3.63, 3.8) is 0 Å². The fourth-order valence-electron chi connectivity index (χ4n) is 1.56. The highest BCUT2D eigenvalue weighted by Crippen LogP contribution is 2.29. The maximum Gasteiger partial charge on any atom is 0.311 e. The molecule has 0 aromatic carbocycles. The summed E-state index contributed by atoms with van der Waals surface area (Å²) in [7, 11) is 0. The third-order valence-corrected chi connectivity index (χ3v) is 2.33. The number of hydrogen-bond donors (Lipinski definition) is 5. The SMILES string of the molecule is CC(C)O[C@@]1(O)OC(CO)[C@@H](O)C(O)[C@H]1O. The van der Waals surface area contributed by atoms with Gasteiger partial charge >= 0.3 is 5.97 Å². The van der Waals surface area contributed by atoms with Crippen LogP contribution in [0.3, 0.4) is 0 Å². The molecule has 96 valence electrons. The number of aliphatic hydroxyl groups excluding tert-OH is 4. The second kappa shape index (κ2) is 4.92. The molecule has 0 amide bonds. The Bertz CT molecular complexity index is 232. The largest absolute Gasteiger partial charge is 0.394 e. The van der Waals surface area contributed by atoms with Crippen LogP contribution in [0.1, 0.15) is 13.8 Å². The van der Waals surface area contributed by atoms with Crippen LogP contribution in [-0.2, 0) is 9.47 Å². The summed E-state index contributed by atoms with van der Waals surface area (Å²) >= 11 is 0. The lowest BCUT2D eigenvalue weighted by Crippen LogP contribution is -2.66. The lowest BCUT2D eigenvalue weighted by molar-refractivity contribution is -0.455. The van der Waals surface area contributed by atoms with Gasteiger partial charge in [0.25, 0.3) is 0 Å². The van der Waals surface area contributed by atoms with Crippen molar-refractivity contribution in [1.82, 2.24) is 0 Å². The number of rotatable bonds is 3. The molecule has 0 bridgehead atoms. The first-order valence-electron chi connectivity index (χ1n) is 5.05. The molecule has 0 spiro atoms. The molecule has 16 heavy (non-hydrogen) atoms. The Labute approximate surface area is 92.9 Å². The van der Waals surface area contributed by atoms with E-state index in [0.717, 1.165) is 0 Å². The molecule has 5 N–H and O–H groups in total. The van der Waals surface area contributed by atoms with E-state index < -0.39 is 43.1 Å². The van der Waals surface area contributed by atoms with Crippen LogP contribution < -0.4 is 0 Å². The summed E-state index contributed by atoms with van der Waals surface area (Å²) in [6, 6.07) is 0. The maximum absolute atomic E-state index is 9.82. The molecule has 7 heteroatoms. The first kappa shape index (κ1) is 13.8. The van der Waals surface area contributed by atoms with E-state index in [2.05, 4.69) is 0 Å². The molecule has 5 atom stereocenters. The van der Waals surface area contributed by atoms with Gasteiger partial charge in [0.15, 0.2) is 6.10 Å². The minimum absolute atomic E-state index is 0.471. The third-order valence-electron chi connectivity index (χ3n) is 2.33. The van der Waals surface area contributed by atoms with E-state index >= 15 is 0 Å². The van der Waals surface area contributed by atoms with E-state index in [0.29, 0.717) is 0 Å². The van der Waals surface area contributed by atoms with Crippen molar-refractivity contribution in [3.05, 3.63) is 0 Å². The number of aliphatic hydroxyl groups is 5. The van der Waals surface area contributed by atoms with Crippen molar-refractivity contribution in [1.29, 1.82) is 0 Å². The molecule has 1 saturated heterocycles. The molecule has 1 aliphatic heterocycles. The Kier molecular flexibility index (Phi) is 4.24. The summed E-state index contributed by atoms with van der Waals surface area (Å²) in [5.41, 5.74) is 0. The highest BCUT2D eigenvalue weighted by molar-refractivity contribution is 4.92. The van der Waals surface area contributed by atoms with Crippen LogP contribution in [0.2, 0.25) is 0 Å². The van der Waals surface area contributed by atoms with E-state index in [1.54, 1.807) is 13.8 Å². The van der Waals surface area contributed by atoms with Crippen LogP contribution in [0, 0.1) is 0 Å². The molecule has 0 aliphatic carbocycles. The van der Waals surface area contributed by atoms with Gasteiger partial charge in [-0.15, -0.1) is 0 Å². The second-order valence-corrected chi connectivity index (χ2v) is 4.06. The molecule has 1 aliphatic rings. The van der Waals surface area contributed by atoms with Crippen LogP contribution in [0.25, 0.3) is 0 Å². The molecule has 0 saturated carbocycles. The third kappa shape index (κ3) is 2.51. The van der Waals surface area contributed by atoms with Crippen LogP contribution in [-0.4, -0.2) is 68.6 Å². The van der Waals surface area contributed by atoms with Crippen LogP contribution in [0.4, 0.5) is 0 Å². The summed E-state index contributed by atoms with van der Waals surface area (Å²) < 4.78 is 9.80. The quantitative estimate of drug-likeness (QED) is 0.346. The number of ether oxygens (including phenoxy) is 2. The van der Waals surface area contributed by atoms with E-state index in [9.17, 15) is 20.4 Å². The minimum atomic E-state index is -2.43. The first-order valence-corrected chi connectivity index (χ1v) is 5.05. The molecular formula is C9H18O7. The Morgan fingerprint density at radius 2 is 1.81 bits per heavy atom. The zero-order valence-corrected chi connectivity index (χ0v) is 9.15. The predicted octanol–water partition coefficient (Wildman–Crippen LogP) is -2.47. The smallest absolute Gasteiger partial charge is 0.311 e. The highest BCUT2D eigenvalue weighted by Gasteiger charge is 2.54. The molecule has 0 radical (unpaired) electrons. The molecule has 0 aromatic heterocycles. The van der Waals surface area contributed by atoms with E-state index in [1.807, 2.05) is 0 Å². The van der Waals surface area contributed by atoms with Gasteiger partial charge in [0.05, 0.1) is 12.7 Å². The lowest BCUT2D eigenvalue weighted by atomic mass is 9.98. The standard InChI is InChI=1S/C9H18O7/c1-4(2)15-9(14)8(13)7(12)6(11)5(3-10)16-9/h4-8,10-14H,3H2,1-2H3/t5?,6-,7?,8-,9-/m1/s1. The topological polar surface area (TPSA) is 120 Å². The molecule has 1 heterocycles. The summed E-state index contributed by atoms with van der Waals surface area (Å²) in [5, 5.41) is 47.1. The normalized spacial score (nSPS) is 45.0. The zero-order valence-electron chi connectivity index (χ0n) is 9.15. The van der Waals surface area contributed by atoms with Gasteiger partial charge in [-0.2, -0.15) is 0 Å². The fourth-order valence-corrected chi connectivity index (χ4v) is 1.56. The fraction of sp³-hybridized carbons (Fsp3) is 1.00. The van der Waals surface area contributed by atoms with Crippen molar-refractivity contribution in [3.8, 4) is 0 Å². The summed E-state index contributed by atoms with van der Waals surface area (Å²) in [5.74, 6) is -2.43. The van der Waals surface area contributed by atoms with Gasteiger partial charge in [0.2, 0.25) is 0 Å². The van der Waals surface area contributed by atoms with E-state index in [-0.39, 0.29) is 0 Å². The molecule has 7 nitrogen and oxygen atoms in total. The zero-order chi connectivity index (χ0) is 12.5. The summed E-state index contributed by atoms with van der Waals surface area (Å²) in [6.07, 6.45) is -6.65. The minimum Gasteiger partial charge on any atom is -0.394 e. The van der Waals surface area contributed by atoms with E-state index in [4.69, 9.17) is 14.6 Å². The van der Waals surface area contributed by atoms with Gasteiger partial charge in [-0.3, -0.25) is 0 Å². The Hall–Kier alpha value is -0.280. The van der Waals surface area contributed by atoms with E-state index in [1.165, 1.54) is 0 Å². The van der Waals surface area contributed by atoms with Gasteiger partial charge in [0.1, 0.15) is 18.3 Å². The first-order chi connectivity index (χ1) is 7.31. The average molecular weight is 238 g/mol. The average Bonchev–Trinajstić information content (AvgIpc) is 2.20. The van der Waals surface area contributed by atoms with Gasteiger partial charge in [-0.05, 0) is 13.8 Å². The van der Waals surface area contributed by atoms with Crippen LogP contribution in [0.15, 0.2) is 0 Å². The van der Waals surface area contributed by atoms with Crippen molar-refractivity contribution >= 4 is 0 Å². The van der Waals surface area contributed by atoms with Crippen molar-refractivity contribution in [2.45, 2.75) is 50.3 Å². The molecule has 0 aromatic rings. The van der Waals surface area contributed by atoms with Crippen LogP contribution in [0.5, 0.6) is 0 Å². The monoisotopic (exact) mass is 238 g/mol. The van der Waals surface area contributed by atoms with Crippen molar-refractivity contribution in [2.75, 3.05) is 6.61 Å². The molecule has 2 unspecified atom stereocenters. The Morgan fingerprint density at radius 3 is 2.25 bits per heavy atom. The van der Waals surface area contributed by atoms with Gasteiger partial charge in [0, 0.05) is 0 Å². The Balaban J connectivity index is 2.85. The molecule has 1 fully saturated rings. The lowest BCUT2D eigenvalue weighted by Gasteiger charge is -2.45. The summed E-state index contributed by atoms with van der Waals surface area (Å²) in [6.45, 7) is 2.58. The van der Waals surface area contributed by atoms with Crippen molar-refractivity contribution in [2.24, 2.45) is 0 Å². The second-order valence-electron chi connectivity index (χ2n) is 4.06. The maximum atomic E-state index is 9.82. The van der Waals surface area contributed by atoms with Crippen molar-refractivity contribution < 1.29 is 35.0 Å². The Morgan fingerprint density at radius 1 is 1.25 bits per heavy atom. The molecular weight excluding hydrogens is 220 g/mol. The predicted molar refractivity (Wildman–Crippen MR) is 51.2 cm³/mol.